The average Bonchev–Trinajstić information content (AvgIpc) is 2.61. The van der Waals surface area contributed by atoms with Crippen molar-refractivity contribution in [2.24, 2.45) is 0 Å². The summed E-state index contributed by atoms with van der Waals surface area (Å²) in [5, 5.41) is 0. The van der Waals surface area contributed by atoms with Crippen LogP contribution in [0, 0.1) is 13.8 Å². The fourth-order valence-corrected chi connectivity index (χ4v) is 4.70. The largest absolute Gasteiger partial charge is 0.495 e. The fraction of sp³-hybridized carbons (Fsp3) is 0.444. The Morgan fingerprint density at radius 2 is 1.81 bits per heavy atom. The molecule has 0 N–H and O–H groups in total. The minimum Gasteiger partial charge on any atom is -0.495 e. The molecule has 0 radical (unpaired) electrons. The van der Waals surface area contributed by atoms with E-state index in [0.717, 1.165) is 5.69 Å². The Bertz CT molecular complexity index is 858. The van der Waals surface area contributed by atoms with Crippen molar-refractivity contribution in [2.75, 3.05) is 20.2 Å². The zero-order valence-electron chi connectivity index (χ0n) is 15.2. The maximum absolute atomic E-state index is 12.9. The number of aryl methyl sites for hydroxylation is 2. The Morgan fingerprint density at radius 3 is 2.46 bits per heavy atom. The van der Waals surface area contributed by atoms with Crippen molar-refractivity contribution >= 4 is 10.0 Å². The van der Waals surface area contributed by atoms with Gasteiger partial charge in [0.05, 0.1) is 7.11 Å². The maximum atomic E-state index is 12.9. The second-order valence-corrected chi connectivity index (χ2v) is 8.17. The van der Waals surface area contributed by atoms with Crippen LogP contribution in [0.5, 0.6) is 11.6 Å². The van der Waals surface area contributed by atoms with Crippen LogP contribution in [-0.4, -0.2) is 49.0 Å². The highest BCUT2D eigenvalue weighted by molar-refractivity contribution is 7.89. The number of hydrogen-bond acceptors (Lipinski definition) is 6. The van der Waals surface area contributed by atoms with E-state index in [9.17, 15) is 8.42 Å². The Hall–Kier alpha value is -2.19. The van der Waals surface area contributed by atoms with Crippen LogP contribution in [0.2, 0.25) is 0 Å². The molecule has 1 aromatic carbocycles. The Labute approximate surface area is 154 Å². The van der Waals surface area contributed by atoms with Gasteiger partial charge in [0.15, 0.2) is 0 Å². The zero-order chi connectivity index (χ0) is 18.7. The molecule has 8 heteroatoms. The van der Waals surface area contributed by atoms with Crippen LogP contribution in [0.1, 0.15) is 24.4 Å². The van der Waals surface area contributed by atoms with Gasteiger partial charge < -0.3 is 9.47 Å². The van der Waals surface area contributed by atoms with Gasteiger partial charge in [0.1, 0.15) is 22.6 Å². The molecule has 0 unspecified atom stereocenters. The minimum absolute atomic E-state index is 0.0622. The summed E-state index contributed by atoms with van der Waals surface area (Å²) in [6.07, 6.45) is 1.15. The molecule has 2 aromatic rings. The van der Waals surface area contributed by atoms with Gasteiger partial charge in [0.25, 0.3) is 0 Å². The number of rotatable bonds is 5. The topological polar surface area (TPSA) is 81.6 Å². The van der Waals surface area contributed by atoms with Crippen molar-refractivity contribution in [3.8, 4) is 11.6 Å². The lowest BCUT2D eigenvalue weighted by Crippen LogP contribution is -2.41. The van der Waals surface area contributed by atoms with E-state index in [0.29, 0.717) is 43.4 Å². The van der Waals surface area contributed by atoms with E-state index in [1.165, 1.54) is 11.4 Å². The van der Waals surface area contributed by atoms with Gasteiger partial charge in [-0.1, -0.05) is 12.1 Å². The summed E-state index contributed by atoms with van der Waals surface area (Å²) in [7, 11) is -2.12. The zero-order valence-corrected chi connectivity index (χ0v) is 16.0. The van der Waals surface area contributed by atoms with Crippen LogP contribution in [0.4, 0.5) is 0 Å². The summed E-state index contributed by atoms with van der Waals surface area (Å²) < 4.78 is 38.4. The van der Waals surface area contributed by atoms with Crippen molar-refractivity contribution in [1.82, 2.24) is 14.3 Å². The summed E-state index contributed by atoms with van der Waals surface area (Å²) in [5.74, 6) is 1.56. The first-order chi connectivity index (χ1) is 12.4. The number of aromatic nitrogens is 2. The molecule has 1 saturated heterocycles. The number of methoxy groups -OCH3 is 1. The molecule has 0 spiro atoms. The number of ether oxygens (including phenoxy) is 2. The molecule has 1 fully saturated rings. The Balaban J connectivity index is 1.68. The van der Waals surface area contributed by atoms with E-state index in [2.05, 4.69) is 9.97 Å². The van der Waals surface area contributed by atoms with Crippen molar-refractivity contribution in [3.05, 3.63) is 41.9 Å². The smallest absolute Gasteiger partial charge is 0.246 e. The lowest BCUT2D eigenvalue weighted by Gasteiger charge is -2.31. The SMILES string of the molecule is COc1ccccc1S(=O)(=O)N1CCC(Oc2cc(C)nc(C)n2)CC1. The molecule has 1 aliphatic rings. The molecule has 7 nitrogen and oxygen atoms in total. The number of sulfonamides is 1. The Morgan fingerprint density at radius 1 is 1.12 bits per heavy atom. The molecule has 26 heavy (non-hydrogen) atoms. The number of benzene rings is 1. The van der Waals surface area contributed by atoms with Crippen molar-refractivity contribution < 1.29 is 17.9 Å². The van der Waals surface area contributed by atoms with E-state index < -0.39 is 10.0 Å². The van der Waals surface area contributed by atoms with Crippen LogP contribution in [0.25, 0.3) is 0 Å². The molecule has 0 atom stereocenters. The normalized spacial score (nSPS) is 16.4. The number of para-hydroxylation sites is 1. The third-order valence-corrected chi connectivity index (χ3v) is 6.26. The van der Waals surface area contributed by atoms with E-state index in [1.807, 2.05) is 13.8 Å². The molecular formula is C18H23N3O4S. The van der Waals surface area contributed by atoms with Crippen LogP contribution < -0.4 is 9.47 Å². The summed E-state index contributed by atoms with van der Waals surface area (Å²) in [6, 6.07) is 8.48. The molecule has 140 valence electrons. The lowest BCUT2D eigenvalue weighted by molar-refractivity contribution is 0.129. The van der Waals surface area contributed by atoms with Crippen molar-refractivity contribution in [2.45, 2.75) is 37.7 Å². The van der Waals surface area contributed by atoms with Gasteiger partial charge in [-0.2, -0.15) is 9.29 Å². The van der Waals surface area contributed by atoms with Crippen LogP contribution in [0.3, 0.4) is 0 Å². The predicted octanol–water partition coefficient (Wildman–Crippen LogP) is 2.33. The highest BCUT2D eigenvalue weighted by Crippen LogP contribution is 2.29. The molecule has 0 aliphatic carbocycles. The third-order valence-electron chi connectivity index (χ3n) is 4.32. The molecule has 1 aliphatic heterocycles. The number of piperidine rings is 1. The summed E-state index contributed by atoms with van der Waals surface area (Å²) in [6.45, 7) is 4.51. The van der Waals surface area contributed by atoms with E-state index in [4.69, 9.17) is 9.47 Å². The lowest BCUT2D eigenvalue weighted by atomic mass is 10.1. The first kappa shape index (κ1) is 18.6. The van der Waals surface area contributed by atoms with E-state index in [-0.39, 0.29) is 11.0 Å². The van der Waals surface area contributed by atoms with Crippen molar-refractivity contribution in [3.63, 3.8) is 0 Å². The quantitative estimate of drug-likeness (QED) is 0.795. The average molecular weight is 377 g/mol. The molecule has 0 saturated carbocycles. The highest BCUT2D eigenvalue weighted by Gasteiger charge is 2.32. The minimum atomic E-state index is -3.59. The van der Waals surface area contributed by atoms with Crippen molar-refractivity contribution in [1.29, 1.82) is 0 Å². The van der Waals surface area contributed by atoms with Crippen LogP contribution in [-0.2, 0) is 10.0 Å². The van der Waals surface area contributed by atoms with Gasteiger partial charge in [-0.05, 0) is 38.8 Å². The molecule has 2 heterocycles. The van der Waals surface area contributed by atoms with Crippen LogP contribution in [0.15, 0.2) is 35.2 Å². The second-order valence-electron chi connectivity index (χ2n) is 6.27. The van der Waals surface area contributed by atoms with E-state index >= 15 is 0 Å². The van der Waals surface area contributed by atoms with Gasteiger partial charge in [-0.25, -0.2) is 13.4 Å². The summed E-state index contributed by atoms with van der Waals surface area (Å²) in [4.78, 5) is 8.71. The number of hydrogen-bond donors (Lipinski definition) is 0. The number of nitrogens with zero attached hydrogens (tertiary/aromatic N) is 3. The van der Waals surface area contributed by atoms with Gasteiger partial charge in [-0.3, -0.25) is 0 Å². The highest BCUT2D eigenvalue weighted by atomic mass is 32.2. The van der Waals surface area contributed by atoms with Gasteiger partial charge in [0.2, 0.25) is 15.9 Å². The maximum Gasteiger partial charge on any atom is 0.246 e. The Kier molecular flexibility index (Phi) is 5.43. The second kappa shape index (κ2) is 7.59. The van der Waals surface area contributed by atoms with Gasteiger partial charge in [-0.15, -0.1) is 0 Å². The van der Waals surface area contributed by atoms with Gasteiger partial charge >= 0.3 is 0 Å². The van der Waals surface area contributed by atoms with Gasteiger partial charge in [0, 0.05) is 24.8 Å². The molecule has 0 bridgehead atoms. The molecule has 0 amide bonds. The summed E-state index contributed by atoms with van der Waals surface area (Å²) in [5.41, 5.74) is 0.851. The molecule has 3 rings (SSSR count). The standard InChI is InChI=1S/C18H23N3O4S/c1-13-12-18(20-14(2)19-13)25-15-8-10-21(11-9-15)26(22,23)17-7-5-4-6-16(17)24-3/h4-7,12,15H,8-11H2,1-3H3. The first-order valence-corrected chi connectivity index (χ1v) is 9.96. The third kappa shape index (κ3) is 3.96. The summed E-state index contributed by atoms with van der Waals surface area (Å²) >= 11 is 0. The first-order valence-electron chi connectivity index (χ1n) is 8.52. The van der Waals surface area contributed by atoms with Crippen LogP contribution >= 0.6 is 0 Å². The monoisotopic (exact) mass is 377 g/mol. The fourth-order valence-electron chi connectivity index (χ4n) is 3.08. The predicted molar refractivity (Wildman–Crippen MR) is 96.9 cm³/mol. The van der Waals surface area contributed by atoms with E-state index in [1.54, 1.807) is 30.3 Å². The molecular weight excluding hydrogens is 354 g/mol. The molecule has 1 aromatic heterocycles.